The standard InChI is InChI=1S/C62H111NO10/c1-4-7-10-13-16-19-22-24-25-26-27-28-29-30-31-32-35-38-41-44-47-50-57(67)73-60-59(69)58(68)56(51-64)72-62(60)71-52-53(54(65)48-45-42-39-36-33-21-18-15-12-9-6-3)63-61(70)55(66)49-46-43-40-37-34-23-20-17-14-11-8-5-2/h8,11,14,17,20,23-25,45,48,53-56,58-60,62,64-66,68-69H,4-7,9-10,12-13,15-16,18-19,21-22,26-44,46-47,49-52H2,1-3H3,(H,63,70)/b11-8+,17-14+,23-20-,25-24+,48-45+. The molecule has 0 spiro atoms. The third kappa shape index (κ3) is 38.5. The molecule has 0 aromatic heterocycles. The van der Waals surface area contributed by atoms with Crippen LogP contribution in [-0.2, 0) is 23.8 Å². The minimum atomic E-state index is -1.62. The fourth-order valence-electron chi connectivity index (χ4n) is 9.18. The predicted octanol–water partition coefficient (Wildman–Crippen LogP) is 13.8. The topological polar surface area (TPSA) is 175 Å². The van der Waals surface area contributed by atoms with Crippen LogP contribution in [0.3, 0.4) is 0 Å². The first-order valence-corrected chi connectivity index (χ1v) is 30.1. The van der Waals surface area contributed by atoms with Gasteiger partial charge >= 0.3 is 5.97 Å². The van der Waals surface area contributed by atoms with Crippen molar-refractivity contribution in [2.75, 3.05) is 13.2 Å². The van der Waals surface area contributed by atoms with E-state index in [9.17, 15) is 35.1 Å². The van der Waals surface area contributed by atoms with Gasteiger partial charge in [-0.15, -0.1) is 0 Å². The molecular weight excluding hydrogens is 919 g/mol. The van der Waals surface area contributed by atoms with Crippen LogP contribution in [-0.4, -0.2) is 99.6 Å². The predicted molar refractivity (Wildman–Crippen MR) is 301 cm³/mol. The van der Waals surface area contributed by atoms with Crippen LogP contribution < -0.4 is 5.32 Å². The number of amides is 1. The molecule has 1 aliphatic rings. The molecule has 1 rings (SSSR count). The number of allylic oxidation sites excluding steroid dienone is 9. The van der Waals surface area contributed by atoms with Crippen LogP contribution in [0.1, 0.15) is 258 Å². The molecule has 6 N–H and O–H groups in total. The van der Waals surface area contributed by atoms with E-state index in [1.807, 2.05) is 30.4 Å². The highest BCUT2D eigenvalue weighted by molar-refractivity contribution is 5.80. The van der Waals surface area contributed by atoms with Crippen molar-refractivity contribution in [1.82, 2.24) is 5.32 Å². The minimum Gasteiger partial charge on any atom is -0.454 e. The van der Waals surface area contributed by atoms with Crippen LogP contribution in [0.2, 0.25) is 0 Å². The second kappa shape index (κ2) is 50.2. The maximum atomic E-state index is 13.3. The van der Waals surface area contributed by atoms with E-state index in [1.54, 1.807) is 6.08 Å². The maximum Gasteiger partial charge on any atom is 0.306 e. The molecule has 0 radical (unpaired) electrons. The first kappa shape index (κ1) is 68.4. The van der Waals surface area contributed by atoms with Crippen molar-refractivity contribution in [2.24, 2.45) is 0 Å². The van der Waals surface area contributed by atoms with Crippen molar-refractivity contribution in [1.29, 1.82) is 0 Å². The van der Waals surface area contributed by atoms with Crippen molar-refractivity contribution in [3.05, 3.63) is 60.8 Å². The molecule has 424 valence electrons. The quantitative estimate of drug-likeness (QED) is 0.0149. The molecule has 1 saturated heterocycles. The van der Waals surface area contributed by atoms with E-state index in [1.165, 1.54) is 141 Å². The third-order valence-corrected chi connectivity index (χ3v) is 14.0. The monoisotopic (exact) mass is 1030 g/mol. The third-order valence-electron chi connectivity index (χ3n) is 14.0. The van der Waals surface area contributed by atoms with Gasteiger partial charge in [-0.05, 0) is 70.6 Å². The lowest BCUT2D eigenvalue weighted by molar-refractivity contribution is -0.305. The van der Waals surface area contributed by atoms with Crippen LogP contribution in [0, 0.1) is 0 Å². The van der Waals surface area contributed by atoms with E-state index in [0.717, 1.165) is 70.6 Å². The van der Waals surface area contributed by atoms with E-state index in [4.69, 9.17) is 14.2 Å². The highest BCUT2D eigenvalue weighted by Gasteiger charge is 2.47. The van der Waals surface area contributed by atoms with E-state index < -0.39 is 67.4 Å². The molecule has 73 heavy (non-hydrogen) atoms. The van der Waals surface area contributed by atoms with Gasteiger partial charge in [0, 0.05) is 6.42 Å². The van der Waals surface area contributed by atoms with Crippen molar-refractivity contribution in [3.63, 3.8) is 0 Å². The summed E-state index contributed by atoms with van der Waals surface area (Å²) in [6.07, 6.45) is 51.3. The molecule has 8 unspecified atom stereocenters. The first-order chi connectivity index (χ1) is 35.7. The molecule has 11 nitrogen and oxygen atoms in total. The lowest BCUT2D eigenvalue weighted by Gasteiger charge is -2.41. The Bertz CT molecular complexity index is 1420. The zero-order valence-corrected chi connectivity index (χ0v) is 46.7. The number of nitrogens with one attached hydrogen (secondary N) is 1. The van der Waals surface area contributed by atoms with Crippen LogP contribution in [0.5, 0.6) is 0 Å². The van der Waals surface area contributed by atoms with Gasteiger partial charge in [-0.25, -0.2) is 0 Å². The van der Waals surface area contributed by atoms with Gasteiger partial charge in [0.2, 0.25) is 5.91 Å². The zero-order valence-electron chi connectivity index (χ0n) is 46.7. The Morgan fingerprint density at radius 3 is 1.51 bits per heavy atom. The summed E-state index contributed by atoms with van der Waals surface area (Å²) in [5.74, 6) is -1.22. The summed E-state index contributed by atoms with van der Waals surface area (Å²) in [5, 5.41) is 56.8. The number of ether oxygens (including phenoxy) is 3. The summed E-state index contributed by atoms with van der Waals surface area (Å²) in [6.45, 7) is 5.62. The number of aliphatic hydroxyl groups is 5. The number of hydrogen-bond acceptors (Lipinski definition) is 10. The summed E-state index contributed by atoms with van der Waals surface area (Å²) in [4.78, 5) is 26.5. The van der Waals surface area contributed by atoms with Gasteiger partial charge in [-0.1, -0.05) is 242 Å². The van der Waals surface area contributed by atoms with Crippen molar-refractivity contribution >= 4 is 11.9 Å². The molecule has 0 aromatic rings. The van der Waals surface area contributed by atoms with Gasteiger partial charge < -0.3 is 45.1 Å². The Hall–Kier alpha value is -2.64. The summed E-state index contributed by atoms with van der Waals surface area (Å²) in [6, 6.07) is -1.03. The molecule has 0 saturated carbocycles. The van der Waals surface area contributed by atoms with E-state index in [2.05, 4.69) is 50.4 Å². The smallest absolute Gasteiger partial charge is 0.306 e. The summed E-state index contributed by atoms with van der Waals surface area (Å²) < 4.78 is 17.6. The Labute approximate surface area is 446 Å². The average Bonchev–Trinajstić information content (AvgIpc) is 3.39. The van der Waals surface area contributed by atoms with Crippen LogP contribution >= 0.6 is 0 Å². The van der Waals surface area contributed by atoms with E-state index in [-0.39, 0.29) is 19.4 Å². The zero-order chi connectivity index (χ0) is 53.3. The molecule has 0 bridgehead atoms. The molecular formula is C62H111NO10. The Morgan fingerprint density at radius 2 is 1.00 bits per heavy atom. The largest absolute Gasteiger partial charge is 0.454 e. The number of esters is 1. The number of carbonyl (C=O) groups is 2. The molecule has 1 fully saturated rings. The molecule has 11 heteroatoms. The van der Waals surface area contributed by atoms with Crippen molar-refractivity contribution < 1.29 is 49.3 Å². The number of aliphatic hydroxyl groups excluding tert-OH is 5. The van der Waals surface area contributed by atoms with Gasteiger partial charge in [0.05, 0.1) is 25.4 Å². The molecule has 8 atom stereocenters. The Balaban J connectivity index is 2.64. The molecule has 1 aliphatic heterocycles. The molecule has 0 aliphatic carbocycles. The van der Waals surface area contributed by atoms with E-state index >= 15 is 0 Å². The molecule has 1 heterocycles. The number of carbonyl (C=O) groups excluding carboxylic acids is 2. The summed E-state index contributed by atoms with van der Waals surface area (Å²) in [7, 11) is 0. The van der Waals surface area contributed by atoms with Crippen LogP contribution in [0.15, 0.2) is 60.8 Å². The normalized spacial score (nSPS) is 19.8. The first-order valence-electron chi connectivity index (χ1n) is 30.1. The lowest BCUT2D eigenvalue weighted by atomic mass is 9.99. The SMILES string of the molecule is CC/C=C/C=C/C=C\CCCCCCC(O)C(=O)NC(COC1OC(CO)C(O)C(O)C1OC(=O)CCCCCCCCCCCCC/C=C/CCCCCCCC)C(O)/C=C/CCCCCCCCCCC. The Morgan fingerprint density at radius 1 is 0.548 bits per heavy atom. The lowest BCUT2D eigenvalue weighted by Crippen LogP contribution is -2.61. The summed E-state index contributed by atoms with van der Waals surface area (Å²) in [5.41, 5.74) is 0. The van der Waals surface area contributed by atoms with Gasteiger partial charge in [-0.2, -0.15) is 0 Å². The second-order valence-corrected chi connectivity index (χ2v) is 20.8. The minimum absolute atomic E-state index is 0.120. The van der Waals surface area contributed by atoms with Crippen molar-refractivity contribution in [3.8, 4) is 0 Å². The second-order valence-electron chi connectivity index (χ2n) is 20.8. The Kier molecular flexibility index (Phi) is 47.0. The van der Waals surface area contributed by atoms with Gasteiger partial charge in [0.15, 0.2) is 12.4 Å². The number of unbranched alkanes of at least 4 members (excludes halogenated alkanes) is 30. The fraction of sp³-hybridized carbons (Fsp3) is 0.806. The van der Waals surface area contributed by atoms with Crippen molar-refractivity contribution in [2.45, 2.75) is 307 Å². The summed E-state index contributed by atoms with van der Waals surface area (Å²) >= 11 is 0. The van der Waals surface area contributed by atoms with E-state index in [0.29, 0.717) is 12.8 Å². The molecule has 1 amide bonds. The van der Waals surface area contributed by atoms with Gasteiger partial charge in [-0.3, -0.25) is 9.59 Å². The van der Waals surface area contributed by atoms with Crippen LogP contribution in [0.4, 0.5) is 0 Å². The van der Waals surface area contributed by atoms with Crippen LogP contribution in [0.25, 0.3) is 0 Å². The maximum absolute atomic E-state index is 13.3. The van der Waals surface area contributed by atoms with Gasteiger partial charge in [0.1, 0.15) is 24.4 Å². The highest BCUT2D eigenvalue weighted by atomic mass is 16.7. The van der Waals surface area contributed by atoms with Gasteiger partial charge in [0.25, 0.3) is 0 Å². The average molecular weight is 1030 g/mol. The number of rotatable bonds is 50. The highest BCUT2D eigenvalue weighted by Crippen LogP contribution is 2.26. The fourth-order valence-corrected chi connectivity index (χ4v) is 9.18. The molecule has 0 aromatic carbocycles. The number of hydrogen-bond donors (Lipinski definition) is 6.